The molecule has 0 saturated carbocycles. The second-order valence-electron chi connectivity index (χ2n) is 7.80. The van der Waals surface area contributed by atoms with Crippen molar-refractivity contribution in [3.8, 4) is 0 Å². The molecule has 3 aromatic carbocycles. The molecule has 2 aliphatic rings. The second-order valence-corrected chi connectivity index (χ2v) is 9.06. The number of carbonyl (C=O) groups is 2. The fraction of sp³-hybridized carbons (Fsp3) is 0.0800. The fourth-order valence-corrected chi connectivity index (χ4v) is 4.82. The van der Waals surface area contributed by atoms with Crippen molar-refractivity contribution in [2.45, 2.75) is 13.1 Å². The van der Waals surface area contributed by atoms with Crippen LogP contribution in [0.25, 0.3) is 6.08 Å². The highest BCUT2D eigenvalue weighted by Gasteiger charge is 2.34. The topological polar surface area (TPSA) is 52.7 Å². The third-order valence-electron chi connectivity index (χ3n) is 5.62. The van der Waals surface area contributed by atoms with Gasteiger partial charge in [-0.15, -0.1) is 0 Å². The molecule has 5 nitrogen and oxygen atoms in total. The first kappa shape index (κ1) is 21.6. The number of halogens is 2. The van der Waals surface area contributed by atoms with Crippen LogP contribution in [0.3, 0.4) is 0 Å². The molecule has 33 heavy (non-hydrogen) atoms. The lowest BCUT2D eigenvalue weighted by Crippen LogP contribution is -2.54. The number of rotatable bonds is 3. The van der Waals surface area contributed by atoms with Crippen molar-refractivity contribution in [1.29, 1.82) is 0 Å². The Hall–Kier alpha value is -3.19. The van der Waals surface area contributed by atoms with Gasteiger partial charge in [-0.25, -0.2) is 0 Å². The molecule has 2 heterocycles. The van der Waals surface area contributed by atoms with Crippen molar-refractivity contribution < 1.29 is 9.59 Å². The highest BCUT2D eigenvalue weighted by molar-refractivity contribution is 7.80. The number of nitrogens with zero attached hydrogens (tertiary/aromatic N) is 2. The Bertz CT molecular complexity index is 1290. The van der Waals surface area contributed by atoms with Crippen LogP contribution in [0, 0.1) is 0 Å². The van der Waals surface area contributed by atoms with Gasteiger partial charge in [0.15, 0.2) is 5.11 Å². The smallest absolute Gasteiger partial charge is 0.270 e. The quantitative estimate of drug-likeness (QED) is 0.303. The second kappa shape index (κ2) is 8.63. The molecule has 0 aromatic heterocycles. The van der Waals surface area contributed by atoms with E-state index < -0.39 is 11.8 Å². The van der Waals surface area contributed by atoms with E-state index in [9.17, 15) is 9.59 Å². The fourth-order valence-electron chi connectivity index (χ4n) is 4.02. The molecule has 0 spiro atoms. The molecule has 0 radical (unpaired) electrons. The summed E-state index contributed by atoms with van der Waals surface area (Å²) >= 11 is 17.4. The normalized spacial score (nSPS) is 16.9. The molecular weight excluding hydrogens is 477 g/mol. The molecular formula is C25H17Cl2N3O2S. The van der Waals surface area contributed by atoms with E-state index in [1.807, 2.05) is 24.3 Å². The molecule has 0 atom stereocenters. The summed E-state index contributed by atoms with van der Waals surface area (Å²) in [5.74, 6) is -1.09. The van der Waals surface area contributed by atoms with Crippen molar-refractivity contribution in [3.63, 3.8) is 0 Å². The highest BCUT2D eigenvalue weighted by atomic mass is 35.5. The largest absolute Gasteiger partial charge is 0.363 e. The van der Waals surface area contributed by atoms with E-state index in [0.717, 1.165) is 24.3 Å². The van der Waals surface area contributed by atoms with E-state index in [1.54, 1.807) is 24.3 Å². The van der Waals surface area contributed by atoms with Crippen molar-refractivity contribution >= 4 is 69.8 Å². The Morgan fingerprint density at radius 1 is 0.848 bits per heavy atom. The van der Waals surface area contributed by atoms with Crippen LogP contribution in [0.1, 0.15) is 16.7 Å². The zero-order valence-corrected chi connectivity index (χ0v) is 19.5. The van der Waals surface area contributed by atoms with Crippen LogP contribution in [0.2, 0.25) is 10.0 Å². The lowest BCUT2D eigenvalue weighted by Gasteiger charge is -2.29. The first-order chi connectivity index (χ1) is 15.9. The Kier molecular flexibility index (Phi) is 5.66. The van der Waals surface area contributed by atoms with E-state index in [4.69, 9.17) is 35.4 Å². The predicted molar refractivity (Wildman–Crippen MR) is 135 cm³/mol. The molecule has 5 rings (SSSR count). The number of anilines is 2. The Morgan fingerprint density at radius 3 is 2.06 bits per heavy atom. The molecule has 1 N–H and O–H groups in total. The number of fused-ring (bicyclic) bond motifs is 1. The maximum Gasteiger partial charge on any atom is 0.270 e. The minimum Gasteiger partial charge on any atom is -0.363 e. The number of thiocarbonyl (C=S) groups is 1. The minimum absolute atomic E-state index is 0.0237. The van der Waals surface area contributed by atoms with Crippen LogP contribution < -0.4 is 15.1 Å². The van der Waals surface area contributed by atoms with Gasteiger partial charge in [-0.05, 0) is 65.3 Å². The van der Waals surface area contributed by atoms with Crippen LogP contribution in [-0.4, -0.2) is 16.9 Å². The van der Waals surface area contributed by atoms with Gasteiger partial charge in [0.1, 0.15) is 5.57 Å². The summed E-state index contributed by atoms with van der Waals surface area (Å²) < 4.78 is 0. The van der Waals surface area contributed by atoms with Crippen LogP contribution in [-0.2, 0) is 22.7 Å². The SMILES string of the molecule is O=C1NC(=S)N(c2cc(Cl)cc(Cl)c2)C(=O)C1=Cc1ccc(N2Cc3ccccc3C2)cc1. The molecule has 8 heteroatoms. The summed E-state index contributed by atoms with van der Waals surface area (Å²) in [7, 11) is 0. The lowest BCUT2D eigenvalue weighted by molar-refractivity contribution is -0.122. The molecule has 164 valence electrons. The van der Waals surface area contributed by atoms with Gasteiger partial charge in [-0.2, -0.15) is 0 Å². The molecule has 3 aromatic rings. The number of nitrogens with one attached hydrogen (secondary N) is 1. The number of carbonyl (C=O) groups excluding carboxylic acids is 2. The van der Waals surface area contributed by atoms with Gasteiger partial charge in [0.25, 0.3) is 11.8 Å². The van der Waals surface area contributed by atoms with E-state index in [-0.39, 0.29) is 10.7 Å². The molecule has 0 bridgehead atoms. The van der Waals surface area contributed by atoms with Gasteiger partial charge in [0.05, 0.1) is 5.69 Å². The third-order valence-corrected chi connectivity index (χ3v) is 6.34. The molecule has 2 aliphatic heterocycles. The molecule has 0 unspecified atom stereocenters. The number of hydrogen-bond acceptors (Lipinski definition) is 4. The van der Waals surface area contributed by atoms with Gasteiger partial charge in [-0.3, -0.25) is 19.8 Å². The van der Waals surface area contributed by atoms with Crippen molar-refractivity contribution in [1.82, 2.24) is 5.32 Å². The average Bonchev–Trinajstić information content (AvgIpc) is 3.20. The molecule has 1 saturated heterocycles. The van der Waals surface area contributed by atoms with Gasteiger partial charge in [0.2, 0.25) is 0 Å². The summed E-state index contributed by atoms with van der Waals surface area (Å²) in [6.45, 7) is 1.71. The van der Waals surface area contributed by atoms with Crippen molar-refractivity contribution in [2.75, 3.05) is 9.80 Å². The summed E-state index contributed by atoms with van der Waals surface area (Å²) in [6, 6.07) is 20.8. The Labute approximate surface area is 206 Å². The van der Waals surface area contributed by atoms with Crippen LogP contribution in [0.15, 0.2) is 72.3 Å². The standard InChI is InChI=1S/C25H17Cl2N3O2S/c26-18-10-19(27)12-21(11-18)30-24(32)22(23(31)28-25(30)33)9-15-5-7-20(8-6-15)29-13-16-3-1-2-4-17(16)14-29/h1-12H,13-14H2,(H,28,31,33). The zero-order chi connectivity index (χ0) is 23.1. The van der Waals surface area contributed by atoms with E-state index in [2.05, 4.69) is 34.5 Å². The number of benzene rings is 3. The van der Waals surface area contributed by atoms with E-state index in [1.165, 1.54) is 16.0 Å². The first-order valence-electron chi connectivity index (χ1n) is 10.2. The maximum atomic E-state index is 13.2. The maximum absolute atomic E-state index is 13.2. The first-order valence-corrected chi connectivity index (χ1v) is 11.3. The van der Waals surface area contributed by atoms with Crippen LogP contribution >= 0.6 is 35.4 Å². The minimum atomic E-state index is -0.548. The summed E-state index contributed by atoms with van der Waals surface area (Å²) in [5, 5.41) is 3.26. The van der Waals surface area contributed by atoms with Crippen molar-refractivity contribution in [2.24, 2.45) is 0 Å². The van der Waals surface area contributed by atoms with Gasteiger partial charge in [-0.1, -0.05) is 59.6 Å². The summed E-state index contributed by atoms with van der Waals surface area (Å²) in [5.41, 5.74) is 4.81. The van der Waals surface area contributed by atoms with Crippen LogP contribution in [0.4, 0.5) is 11.4 Å². The molecule has 1 fully saturated rings. The Balaban J connectivity index is 1.40. The monoisotopic (exact) mass is 493 g/mol. The Morgan fingerprint density at radius 2 is 1.45 bits per heavy atom. The summed E-state index contributed by atoms with van der Waals surface area (Å²) in [4.78, 5) is 29.2. The lowest BCUT2D eigenvalue weighted by atomic mass is 10.1. The van der Waals surface area contributed by atoms with Crippen LogP contribution in [0.5, 0.6) is 0 Å². The number of amides is 2. The molecule has 2 amide bonds. The highest BCUT2D eigenvalue weighted by Crippen LogP contribution is 2.30. The zero-order valence-electron chi connectivity index (χ0n) is 17.2. The van der Waals surface area contributed by atoms with Crippen molar-refractivity contribution in [3.05, 3.63) is 99.0 Å². The number of hydrogen-bond donors (Lipinski definition) is 1. The van der Waals surface area contributed by atoms with Gasteiger partial charge < -0.3 is 4.90 Å². The summed E-state index contributed by atoms with van der Waals surface area (Å²) in [6.07, 6.45) is 1.56. The van der Waals surface area contributed by atoms with Gasteiger partial charge >= 0.3 is 0 Å². The third kappa shape index (κ3) is 4.25. The van der Waals surface area contributed by atoms with Gasteiger partial charge in [0, 0.05) is 28.8 Å². The average molecular weight is 494 g/mol. The molecule has 0 aliphatic carbocycles. The predicted octanol–water partition coefficient (Wildman–Crippen LogP) is 5.34. The van der Waals surface area contributed by atoms with E-state index in [0.29, 0.717) is 15.7 Å². The van der Waals surface area contributed by atoms with E-state index >= 15 is 0 Å².